The minimum Gasteiger partial charge on any atom is -0.478 e. The molecule has 29 heavy (non-hydrogen) atoms. The number of Topliss-reactive ketones (excluding diaryl/α,β-unsaturated/α-hetero) is 1. The van der Waals surface area contributed by atoms with Crippen molar-refractivity contribution < 1.29 is 24.6 Å². The quantitative estimate of drug-likeness (QED) is 0.549. The number of hydrogen-bond acceptors (Lipinski definition) is 4. The first-order valence-corrected chi connectivity index (χ1v) is 8.86. The first-order valence-electron chi connectivity index (χ1n) is 8.86. The summed E-state index contributed by atoms with van der Waals surface area (Å²) in [7, 11) is 2.02. The van der Waals surface area contributed by atoms with Crippen LogP contribution in [0.4, 0.5) is 0 Å². The summed E-state index contributed by atoms with van der Waals surface area (Å²) in [5, 5.41) is 16.8. The SMILES string of the molecule is Cc1ccc2c(CC(=O)Cc3nc[nH]c3C)cn(C)c2c1.O=C(O)C=CC(=O)O. The number of aromatic amines is 1. The van der Waals surface area contributed by atoms with E-state index in [9.17, 15) is 14.4 Å². The summed E-state index contributed by atoms with van der Waals surface area (Å²) in [6.45, 7) is 4.02. The van der Waals surface area contributed by atoms with E-state index < -0.39 is 11.9 Å². The van der Waals surface area contributed by atoms with Gasteiger partial charge >= 0.3 is 11.9 Å². The number of imidazole rings is 1. The summed E-state index contributed by atoms with van der Waals surface area (Å²) < 4.78 is 2.09. The molecule has 0 unspecified atom stereocenters. The molecule has 0 saturated heterocycles. The summed E-state index contributed by atoms with van der Waals surface area (Å²) in [5.74, 6) is -2.32. The lowest BCUT2D eigenvalue weighted by atomic mass is 10.0. The number of H-pyrrole nitrogens is 1. The molecular weight excluding hydrogens is 374 g/mol. The Hall–Kier alpha value is -3.68. The van der Waals surface area contributed by atoms with E-state index in [1.165, 1.54) is 11.1 Å². The third-order valence-corrected chi connectivity index (χ3v) is 4.28. The lowest BCUT2D eigenvalue weighted by molar-refractivity contribution is -0.134. The number of aryl methyl sites for hydroxylation is 3. The van der Waals surface area contributed by atoms with Crippen LogP contribution in [0.25, 0.3) is 10.9 Å². The van der Waals surface area contributed by atoms with Crippen molar-refractivity contribution in [3.63, 3.8) is 0 Å². The van der Waals surface area contributed by atoms with Crippen molar-refractivity contribution in [3.05, 3.63) is 65.4 Å². The highest BCUT2D eigenvalue weighted by molar-refractivity contribution is 5.91. The number of rotatable bonds is 6. The molecule has 1 aromatic carbocycles. The van der Waals surface area contributed by atoms with Crippen molar-refractivity contribution >= 4 is 28.6 Å². The Morgan fingerprint density at radius 2 is 1.76 bits per heavy atom. The standard InChI is InChI=1S/C17H19N3O.C4H4O4/c1-11-4-5-15-13(9-20(3)17(15)6-11)7-14(21)8-16-12(2)18-10-19-16;5-3(6)1-2-4(7)8/h4-6,9-10H,7-8H2,1-3H3,(H,18,19);1-2H,(H,5,6)(H,7,8). The fourth-order valence-corrected chi connectivity index (χ4v) is 2.89. The maximum absolute atomic E-state index is 12.3. The molecule has 8 nitrogen and oxygen atoms in total. The molecule has 0 spiro atoms. The van der Waals surface area contributed by atoms with E-state index in [0.29, 0.717) is 25.0 Å². The first-order chi connectivity index (χ1) is 13.7. The molecule has 0 radical (unpaired) electrons. The number of fused-ring (bicyclic) bond motifs is 1. The van der Waals surface area contributed by atoms with Crippen LogP contribution in [0, 0.1) is 13.8 Å². The number of aliphatic carboxylic acids is 2. The average Bonchev–Trinajstić information content (AvgIpc) is 3.17. The van der Waals surface area contributed by atoms with E-state index in [1.54, 1.807) is 6.33 Å². The molecule has 0 amide bonds. The number of carbonyl (C=O) groups is 3. The van der Waals surface area contributed by atoms with Crippen molar-refractivity contribution in [2.24, 2.45) is 7.05 Å². The van der Waals surface area contributed by atoms with Crippen LogP contribution < -0.4 is 0 Å². The normalized spacial score (nSPS) is 10.7. The van der Waals surface area contributed by atoms with Gasteiger partial charge in [0.15, 0.2) is 0 Å². The third kappa shape index (κ3) is 6.17. The van der Waals surface area contributed by atoms with Gasteiger partial charge in [-0.25, -0.2) is 14.6 Å². The molecule has 0 fully saturated rings. The molecule has 0 bridgehead atoms. The van der Waals surface area contributed by atoms with Crippen LogP contribution >= 0.6 is 0 Å². The highest BCUT2D eigenvalue weighted by Gasteiger charge is 2.13. The Morgan fingerprint density at radius 1 is 1.10 bits per heavy atom. The van der Waals surface area contributed by atoms with Gasteiger partial charge in [-0.15, -0.1) is 0 Å². The van der Waals surface area contributed by atoms with Gasteiger partial charge in [0.05, 0.1) is 18.4 Å². The number of carbonyl (C=O) groups excluding carboxylic acids is 1. The second-order valence-electron chi connectivity index (χ2n) is 6.66. The Morgan fingerprint density at radius 3 is 2.31 bits per heavy atom. The number of nitrogens with zero attached hydrogens (tertiary/aromatic N) is 2. The summed E-state index contributed by atoms with van der Waals surface area (Å²) in [6.07, 6.45) is 5.65. The minimum atomic E-state index is -1.26. The second kappa shape index (κ2) is 9.50. The molecule has 3 N–H and O–H groups in total. The zero-order valence-corrected chi connectivity index (χ0v) is 16.5. The largest absolute Gasteiger partial charge is 0.478 e. The number of aromatic nitrogens is 3. The molecule has 0 aliphatic rings. The Kier molecular flexibility index (Phi) is 7.08. The van der Waals surface area contributed by atoms with Crippen LogP contribution in [0.3, 0.4) is 0 Å². The average molecular weight is 397 g/mol. The fourth-order valence-electron chi connectivity index (χ4n) is 2.89. The fraction of sp³-hybridized carbons (Fsp3) is 0.238. The smallest absolute Gasteiger partial charge is 0.328 e. The molecule has 8 heteroatoms. The van der Waals surface area contributed by atoms with Gasteiger partial charge < -0.3 is 19.8 Å². The molecule has 0 aliphatic heterocycles. The van der Waals surface area contributed by atoms with Gasteiger partial charge in [-0.2, -0.15) is 0 Å². The monoisotopic (exact) mass is 397 g/mol. The van der Waals surface area contributed by atoms with Crippen molar-refractivity contribution in [3.8, 4) is 0 Å². The van der Waals surface area contributed by atoms with Crippen LogP contribution in [-0.4, -0.2) is 42.5 Å². The molecule has 2 heterocycles. The number of benzene rings is 1. The highest BCUT2D eigenvalue weighted by Crippen LogP contribution is 2.22. The Bertz CT molecular complexity index is 1060. The molecule has 152 valence electrons. The van der Waals surface area contributed by atoms with E-state index in [2.05, 4.69) is 45.9 Å². The van der Waals surface area contributed by atoms with E-state index in [1.807, 2.05) is 14.0 Å². The van der Waals surface area contributed by atoms with E-state index in [0.717, 1.165) is 22.3 Å². The maximum atomic E-state index is 12.3. The number of ketones is 1. The molecule has 3 rings (SSSR count). The van der Waals surface area contributed by atoms with Crippen molar-refractivity contribution in [1.29, 1.82) is 0 Å². The zero-order valence-electron chi connectivity index (χ0n) is 16.5. The number of carboxylic acids is 2. The molecule has 0 aliphatic carbocycles. The third-order valence-electron chi connectivity index (χ3n) is 4.28. The van der Waals surface area contributed by atoms with Crippen LogP contribution in [0.5, 0.6) is 0 Å². The van der Waals surface area contributed by atoms with Gasteiger partial charge in [-0.1, -0.05) is 12.1 Å². The van der Waals surface area contributed by atoms with Crippen molar-refractivity contribution in [1.82, 2.24) is 14.5 Å². The van der Waals surface area contributed by atoms with Crippen molar-refractivity contribution in [2.75, 3.05) is 0 Å². The lowest BCUT2D eigenvalue weighted by Gasteiger charge is -2.00. The summed E-state index contributed by atoms with van der Waals surface area (Å²) in [6, 6.07) is 6.35. The molecule has 0 saturated carbocycles. The van der Waals surface area contributed by atoms with E-state index in [4.69, 9.17) is 10.2 Å². The molecule has 3 aromatic rings. The number of carboxylic acid groups (broad SMARTS) is 2. The number of nitrogens with one attached hydrogen (secondary N) is 1. The number of hydrogen-bond donors (Lipinski definition) is 3. The van der Waals surface area contributed by atoms with Crippen LogP contribution in [0.1, 0.15) is 22.5 Å². The minimum absolute atomic E-state index is 0.193. The van der Waals surface area contributed by atoms with Crippen molar-refractivity contribution in [2.45, 2.75) is 26.7 Å². The molecule has 0 atom stereocenters. The van der Waals surface area contributed by atoms with Crippen LogP contribution in [0.2, 0.25) is 0 Å². The predicted octanol–water partition coefficient (Wildman–Crippen LogP) is 2.58. The summed E-state index contributed by atoms with van der Waals surface area (Å²) >= 11 is 0. The Labute approximate surface area is 167 Å². The molecular formula is C21H23N3O5. The summed E-state index contributed by atoms with van der Waals surface area (Å²) in [4.78, 5) is 38.6. The van der Waals surface area contributed by atoms with Crippen LogP contribution in [0.15, 0.2) is 42.9 Å². The zero-order chi connectivity index (χ0) is 21.6. The van der Waals surface area contributed by atoms with Gasteiger partial charge in [0.25, 0.3) is 0 Å². The summed E-state index contributed by atoms with van der Waals surface area (Å²) in [5.41, 5.74) is 5.31. The Balaban J connectivity index is 0.000000321. The van der Waals surface area contributed by atoms with E-state index >= 15 is 0 Å². The topological polar surface area (TPSA) is 125 Å². The van der Waals surface area contributed by atoms with E-state index in [-0.39, 0.29) is 5.78 Å². The van der Waals surface area contributed by atoms with Gasteiger partial charge in [-0.05, 0) is 31.0 Å². The van der Waals surface area contributed by atoms with Gasteiger partial charge in [0, 0.05) is 48.4 Å². The maximum Gasteiger partial charge on any atom is 0.328 e. The first kappa shape index (κ1) is 21.6. The second-order valence-corrected chi connectivity index (χ2v) is 6.66. The highest BCUT2D eigenvalue weighted by atomic mass is 16.4. The van der Waals surface area contributed by atoms with Crippen LogP contribution in [-0.2, 0) is 34.3 Å². The van der Waals surface area contributed by atoms with Gasteiger partial charge in [0.1, 0.15) is 5.78 Å². The lowest BCUT2D eigenvalue weighted by Crippen LogP contribution is -2.07. The predicted molar refractivity (Wildman–Crippen MR) is 108 cm³/mol. The van der Waals surface area contributed by atoms with Gasteiger partial charge in [-0.3, -0.25) is 4.79 Å². The van der Waals surface area contributed by atoms with Gasteiger partial charge in [0.2, 0.25) is 0 Å². The molecule has 2 aromatic heterocycles.